The first-order chi connectivity index (χ1) is 6.20. The number of nitrogens with zero attached hydrogens (tertiary/aromatic N) is 1. The van der Waals surface area contributed by atoms with Gasteiger partial charge in [0.15, 0.2) is 5.97 Å². The van der Waals surface area contributed by atoms with Crippen molar-refractivity contribution >= 4 is 17.1 Å². The molecular weight excluding hydrogens is 170 g/mol. The maximum Gasteiger partial charge on any atom is 0.397 e. The Bertz CT molecular complexity index is 473. The summed E-state index contributed by atoms with van der Waals surface area (Å²) < 4.78 is 6.51. The molecule has 0 aliphatic rings. The number of oxazole rings is 1. The molecule has 1 aromatic heterocycles. The van der Waals surface area contributed by atoms with Crippen LogP contribution in [0.25, 0.3) is 11.1 Å². The van der Waals surface area contributed by atoms with Crippen LogP contribution in [-0.4, -0.2) is 5.97 Å². The molecule has 0 unspecified atom stereocenters. The fourth-order valence-corrected chi connectivity index (χ4v) is 1.28. The molecule has 0 radical (unpaired) electrons. The highest BCUT2D eigenvalue weighted by molar-refractivity contribution is 5.81. The Morgan fingerprint density at radius 3 is 2.77 bits per heavy atom. The van der Waals surface area contributed by atoms with Gasteiger partial charge in [-0.1, -0.05) is 12.1 Å². The standard InChI is InChI=1S/C9H7NO3/c1-10-6-4-2-3-5-7(6)13-8(10)9(11)12/h2-5H,1H3. The van der Waals surface area contributed by atoms with E-state index in [9.17, 15) is 9.90 Å². The number of carboxylic acid groups (broad SMARTS) is 1. The summed E-state index contributed by atoms with van der Waals surface area (Å²) in [5, 5.41) is 10.6. The van der Waals surface area contributed by atoms with Crippen LogP contribution in [0.3, 0.4) is 0 Å². The Hall–Kier alpha value is -1.84. The van der Waals surface area contributed by atoms with Crippen LogP contribution in [0.5, 0.6) is 0 Å². The van der Waals surface area contributed by atoms with E-state index < -0.39 is 5.97 Å². The predicted octanol–water partition coefficient (Wildman–Crippen LogP) is -0.379. The Kier molecular flexibility index (Phi) is 1.55. The minimum Gasteiger partial charge on any atom is -0.537 e. The highest BCUT2D eigenvalue weighted by Crippen LogP contribution is 2.11. The van der Waals surface area contributed by atoms with Crippen LogP contribution in [0.2, 0.25) is 0 Å². The second-order valence-corrected chi connectivity index (χ2v) is 2.72. The fraction of sp³-hybridized carbons (Fsp3) is 0.111. The fourth-order valence-electron chi connectivity index (χ4n) is 1.28. The van der Waals surface area contributed by atoms with Gasteiger partial charge < -0.3 is 14.3 Å². The van der Waals surface area contributed by atoms with Gasteiger partial charge in [-0.05, 0) is 6.07 Å². The van der Waals surface area contributed by atoms with Crippen molar-refractivity contribution in [3.05, 3.63) is 30.2 Å². The molecule has 0 saturated carbocycles. The van der Waals surface area contributed by atoms with Crippen molar-refractivity contribution in [2.45, 2.75) is 0 Å². The molecule has 66 valence electrons. The summed E-state index contributed by atoms with van der Waals surface area (Å²) in [4.78, 5) is 10.6. The third-order valence-corrected chi connectivity index (χ3v) is 1.91. The number of aromatic carboxylic acids is 1. The van der Waals surface area contributed by atoms with Crippen molar-refractivity contribution in [3.8, 4) is 0 Å². The number of aryl methyl sites for hydroxylation is 1. The van der Waals surface area contributed by atoms with Crippen LogP contribution in [-0.2, 0) is 7.05 Å². The van der Waals surface area contributed by atoms with Crippen molar-refractivity contribution in [1.29, 1.82) is 0 Å². The van der Waals surface area contributed by atoms with E-state index in [0.29, 0.717) is 5.58 Å². The Morgan fingerprint density at radius 1 is 1.46 bits per heavy atom. The van der Waals surface area contributed by atoms with Crippen LogP contribution in [0.15, 0.2) is 28.7 Å². The Morgan fingerprint density at radius 2 is 2.15 bits per heavy atom. The third-order valence-electron chi connectivity index (χ3n) is 1.91. The molecule has 1 heterocycles. The number of hydrogen-bond acceptors (Lipinski definition) is 3. The first kappa shape index (κ1) is 7.79. The second kappa shape index (κ2) is 2.58. The van der Waals surface area contributed by atoms with Gasteiger partial charge in [-0.2, -0.15) is 4.57 Å². The monoisotopic (exact) mass is 177 g/mol. The van der Waals surface area contributed by atoms with E-state index in [4.69, 9.17) is 4.42 Å². The first-order valence-corrected chi connectivity index (χ1v) is 3.79. The molecule has 2 rings (SSSR count). The lowest BCUT2D eigenvalue weighted by Gasteiger charge is -1.89. The number of carboxylic acids is 1. The second-order valence-electron chi connectivity index (χ2n) is 2.72. The van der Waals surface area contributed by atoms with Gasteiger partial charge in [0.05, 0.1) is 0 Å². The van der Waals surface area contributed by atoms with E-state index in [2.05, 4.69) is 0 Å². The predicted molar refractivity (Wildman–Crippen MR) is 41.7 cm³/mol. The van der Waals surface area contributed by atoms with Gasteiger partial charge in [-0.15, -0.1) is 0 Å². The van der Waals surface area contributed by atoms with Crippen LogP contribution < -0.4 is 9.67 Å². The summed E-state index contributed by atoms with van der Waals surface area (Å²) in [6.07, 6.45) is 0. The summed E-state index contributed by atoms with van der Waals surface area (Å²) in [5.41, 5.74) is 1.28. The number of rotatable bonds is 1. The van der Waals surface area contributed by atoms with Crippen molar-refractivity contribution < 1.29 is 18.9 Å². The van der Waals surface area contributed by atoms with Gasteiger partial charge in [-0.3, -0.25) is 0 Å². The summed E-state index contributed by atoms with van der Waals surface area (Å²) >= 11 is 0. The van der Waals surface area contributed by atoms with Crippen molar-refractivity contribution in [2.24, 2.45) is 7.05 Å². The molecule has 0 fully saturated rings. The molecule has 1 aromatic carbocycles. The lowest BCUT2D eigenvalue weighted by atomic mass is 10.3. The highest BCUT2D eigenvalue weighted by atomic mass is 16.4. The van der Waals surface area contributed by atoms with Crippen molar-refractivity contribution in [1.82, 2.24) is 0 Å². The van der Waals surface area contributed by atoms with Crippen molar-refractivity contribution in [2.75, 3.05) is 0 Å². The molecule has 0 aliphatic carbocycles. The first-order valence-electron chi connectivity index (χ1n) is 3.79. The van der Waals surface area contributed by atoms with Gasteiger partial charge in [0.1, 0.15) is 7.05 Å². The van der Waals surface area contributed by atoms with Gasteiger partial charge in [0.25, 0.3) is 5.52 Å². The number of carbonyl (C=O) groups is 1. The molecule has 0 bridgehead atoms. The largest absolute Gasteiger partial charge is 0.537 e. The van der Waals surface area contributed by atoms with E-state index in [1.54, 1.807) is 25.2 Å². The van der Waals surface area contributed by atoms with Gasteiger partial charge >= 0.3 is 5.89 Å². The number of carbonyl (C=O) groups excluding carboxylic acids is 1. The summed E-state index contributed by atoms with van der Waals surface area (Å²) in [5.74, 6) is -1.47. The maximum absolute atomic E-state index is 10.6. The van der Waals surface area contributed by atoms with E-state index in [-0.39, 0.29) is 5.89 Å². The van der Waals surface area contributed by atoms with E-state index in [1.807, 2.05) is 6.07 Å². The average molecular weight is 177 g/mol. The van der Waals surface area contributed by atoms with Crippen LogP contribution in [0.4, 0.5) is 0 Å². The molecule has 0 spiro atoms. The van der Waals surface area contributed by atoms with Crippen LogP contribution in [0.1, 0.15) is 10.7 Å². The minimum atomic E-state index is -1.31. The third kappa shape index (κ3) is 1.07. The van der Waals surface area contributed by atoms with E-state index in [0.717, 1.165) is 5.52 Å². The zero-order valence-electron chi connectivity index (χ0n) is 6.98. The molecule has 0 saturated heterocycles. The minimum absolute atomic E-state index is 0.166. The zero-order valence-corrected chi connectivity index (χ0v) is 6.98. The molecule has 0 amide bonds. The number of benzene rings is 1. The topological polar surface area (TPSA) is 57.1 Å². The molecule has 4 heteroatoms. The SMILES string of the molecule is C[n+]1c(C(=O)[O-])oc2ccccc21. The quantitative estimate of drug-likeness (QED) is 0.558. The van der Waals surface area contributed by atoms with Crippen LogP contribution in [0, 0.1) is 0 Å². The van der Waals surface area contributed by atoms with Crippen LogP contribution >= 0.6 is 0 Å². The summed E-state index contributed by atoms with van der Waals surface area (Å²) in [7, 11) is 1.62. The zero-order chi connectivity index (χ0) is 9.42. The van der Waals surface area contributed by atoms with E-state index >= 15 is 0 Å². The maximum atomic E-state index is 10.6. The molecule has 4 nitrogen and oxygen atoms in total. The number of fused-ring (bicyclic) bond motifs is 1. The number of para-hydroxylation sites is 2. The molecule has 2 aromatic rings. The molecule has 0 atom stereocenters. The number of hydrogen-bond donors (Lipinski definition) is 0. The van der Waals surface area contributed by atoms with E-state index in [1.165, 1.54) is 4.57 Å². The highest BCUT2D eigenvalue weighted by Gasteiger charge is 2.18. The Labute approximate surface area is 74.0 Å². The normalized spacial score (nSPS) is 10.5. The molecule has 0 N–H and O–H groups in total. The lowest BCUT2D eigenvalue weighted by Crippen LogP contribution is -2.39. The lowest BCUT2D eigenvalue weighted by molar-refractivity contribution is -0.655. The molecule has 0 aliphatic heterocycles. The van der Waals surface area contributed by atoms with Gasteiger partial charge in [0.2, 0.25) is 5.58 Å². The summed E-state index contributed by atoms with van der Waals surface area (Å²) in [6.45, 7) is 0. The van der Waals surface area contributed by atoms with Gasteiger partial charge in [-0.25, -0.2) is 0 Å². The van der Waals surface area contributed by atoms with Crippen molar-refractivity contribution in [3.63, 3.8) is 0 Å². The summed E-state index contributed by atoms with van der Waals surface area (Å²) in [6, 6.07) is 7.09. The Balaban J connectivity index is 2.81. The average Bonchev–Trinajstić information content (AvgIpc) is 2.45. The molecular formula is C9H7NO3. The number of aromatic nitrogens is 1. The smallest absolute Gasteiger partial charge is 0.397 e. The molecule has 13 heavy (non-hydrogen) atoms. The van der Waals surface area contributed by atoms with Gasteiger partial charge in [0, 0.05) is 6.07 Å².